The lowest BCUT2D eigenvalue weighted by Crippen LogP contribution is -2.34. The molecule has 2 aromatic rings. The van der Waals surface area contributed by atoms with Crippen molar-refractivity contribution in [2.45, 2.75) is 25.9 Å². The molecule has 2 heterocycles. The molecular formula is C22H24N2O4. The predicted molar refractivity (Wildman–Crippen MR) is 105 cm³/mol. The van der Waals surface area contributed by atoms with E-state index in [2.05, 4.69) is 16.8 Å². The number of rotatable bonds is 4. The summed E-state index contributed by atoms with van der Waals surface area (Å²) in [6.45, 7) is 3.99. The molecule has 0 bridgehead atoms. The Kier molecular flexibility index (Phi) is 5.47. The fraction of sp³-hybridized carbons (Fsp3) is 0.455. The lowest BCUT2D eigenvalue weighted by atomic mass is 10.0. The quantitative estimate of drug-likeness (QED) is 0.762. The SMILES string of the molecule is Cc1cc(C#CC2CC2)ccc1-c1cc(OCC2COCCO2)n(C)c(=O)n1. The van der Waals surface area contributed by atoms with Crippen molar-refractivity contribution in [1.29, 1.82) is 0 Å². The van der Waals surface area contributed by atoms with E-state index in [0.29, 0.717) is 43.9 Å². The summed E-state index contributed by atoms with van der Waals surface area (Å²) >= 11 is 0. The Hall–Kier alpha value is -2.62. The summed E-state index contributed by atoms with van der Waals surface area (Å²) in [6, 6.07) is 7.78. The first-order chi connectivity index (χ1) is 13.6. The lowest BCUT2D eigenvalue weighted by Gasteiger charge is -2.23. The average molecular weight is 380 g/mol. The van der Waals surface area contributed by atoms with Crippen molar-refractivity contribution in [2.24, 2.45) is 13.0 Å². The second-order valence-electron chi connectivity index (χ2n) is 7.27. The highest BCUT2D eigenvalue weighted by atomic mass is 16.6. The topological polar surface area (TPSA) is 62.6 Å². The number of aryl methyl sites for hydroxylation is 1. The maximum Gasteiger partial charge on any atom is 0.350 e. The molecule has 6 heteroatoms. The molecule has 1 atom stereocenters. The van der Waals surface area contributed by atoms with Crippen molar-refractivity contribution < 1.29 is 14.2 Å². The smallest absolute Gasteiger partial charge is 0.350 e. The van der Waals surface area contributed by atoms with Crippen LogP contribution in [-0.4, -0.2) is 42.1 Å². The van der Waals surface area contributed by atoms with E-state index in [9.17, 15) is 4.79 Å². The first-order valence-corrected chi connectivity index (χ1v) is 9.63. The molecule has 1 aromatic carbocycles. The van der Waals surface area contributed by atoms with E-state index >= 15 is 0 Å². The molecule has 146 valence electrons. The zero-order valence-electron chi connectivity index (χ0n) is 16.2. The second-order valence-corrected chi connectivity index (χ2v) is 7.27. The van der Waals surface area contributed by atoms with Crippen LogP contribution >= 0.6 is 0 Å². The van der Waals surface area contributed by atoms with Gasteiger partial charge in [-0.3, -0.25) is 4.57 Å². The summed E-state index contributed by atoms with van der Waals surface area (Å²) in [7, 11) is 1.65. The van der Waals surface area contributed by atoms with Crippen molar-refractivity contribution >= 4 is 0 Å². The van der Waals surface area contributed by atoms with Crippen LogP contribution in [0.3, 0.4) is 0 Å². The van der Waals surface area contributed by atoms with Crippen LogP contribution in [0, 0.1) is 24.7 Å². The van der Waals surface area contributed by atoms with Crippen molar-refractivity contribution in [1.82, 2.24) is 9.55 Å². The highest BCUT2D eigenvalue weighted by Crippen LogP contribution is 2.28. The van der Waals surface area contributed by atoms with Crippen LogP contribution in [0.5, 0.6) is 5.88 Å². The normalized spacial score (nSPS) is 19.0. The van der Waals surface area contributed by atoms with Crippen LogP contribution in [0.1, 0.15) is 24.0 Å². The second kappa shape index (κ2) is 8.17. The molecule has 0 N–H and O–H groups in total. The Morgan fingerprint density at radius 2 is 2.14 bits per heavy atom. The Bertz CT molecular complexity index is 976. The molecule has 0 spiro atoms. The van der Waals surface area contributed by atoms with Crippen LogP contribution in [0.4, 0.5) is 0 Å². The Balaban J connectivity index is 1.56. The van der Waals surface area contributed by atoms with Gasteiger partial charge in [-0.25, -0.2) is 4.79 Å². The van der Waals surface area contributed by atoms with E-state index in [1.54, 1.807) is 13.1 Å². The van der Waals surface area contributed by atoms with Crippen molar-refractivity contribution in [3.05, 3.63) is 45.9 Å². The maximum atomic E-state index is 12.3. The van der Waals surface area contributed by atoms with Gasteiger partial charge in [-0.1, -0.05) is 17.9 Å². The highest BCUT2D eigenvalue weighted by Gasteiger charge is 2.18. The zero-order chi connectivity index (χ0) is 19.5. The molecular weight excluding hydrogens is 356 g/mol. The molecule has 0 radical (unpaired) electrons. The van der Waals surface area contributed by atoms with Crippen LogP contribution in [0.15, 0.2) is 29.1 Å². The number of ether oxygens (including phenoxy) is 3. The molecule has 1 saturated heterocycles. The minimum Gasteiger partial charge on any atom is -0.476 e. The highest BCUT2D eigenvalue weighted by molar-refractivity contribution is 5.65. The van der Waals surface area contributed by atoms with Gasteiger partial charge in [0.1, 0.15) is 12.7 Å². The van der Waals surface area contributed by atoms with Gasteiger partial charge in [0.25, 0.3) is 0 Å². The van der Waals surface area contributed by atoms with Gasteiger partial charge in [-0.05, 0) is 37.5 Å². The first kappa shape index (κ1) is 18.7. The Morgan fingerprint density at radius 1 is 1.29 bits per heavy atom. The van der Waals surface area contributed by atoms with Gasteiger partial charge in [-0.2, -0.15) is 4.98 Å². The number of aromatic nitrogens is 2. The monoisotopic (exact) mass is 380 g/mol. The van der Waals surface area contributed by atoms with E-state index in [1.807, 2.05) is 25.1 Å². The third-order valence-electron chi connectivity index (χ3n) is 4.90. The van der Waals surface area contributed by atoms with Gasteiger partial charge in [-0.15, -0.1) is 0 Å². The van der Waals surface area contributed by atoms with E-state index in [4.69, 9.17) is 14.2 Å². The fourth-order valence-electron chi connectivity index (χ4n) is 3.05. The van der Waals surface area contributed by atoms with Gasteiger partial charge < -0.3 is 14.2 Å². The Labute approximate surface area is 164 Å². The molecule has 6 nitrogen and oxygen atoms in total. The number of hydrogen-bond acceptors (Lipinski definition) is 5. The zero-order valence-corrected chi connectivity index (χ0v) is 16.2. The first-order valence-electron chi connectivity index (χ1n) is 9.63. The van der Waals surface area contributed by atoms with Crippen LogP contribution in [-0.2, 0) is 16.5 Å². The van der Waals surface area contributed by atoms with E-state index < -0.39 is 0 Å². The molecule has 28 heavy (non-hydrogen) atoms. The summed E-state index contributed by atoms with van der Waals surface area (Å²) < 4.78 is 18.2. The standard InChI is InChI=1S/C22H24N2O4/c1-15-11-17(6-5-16-3-4-16)7-8-19(15)20-12-21(24(2)22(25)23-20)28-14-18-13-26-9-10-27-18/h7-8,11-12,16,18H,3-4,9-10,13-14H2,1-2H3. The number of benzene rings is 1. The van der Waals surface area contributed by atoms with E-state index in [1.165, 1.54) is 17.4 Å². The van der Waals surface area contributed by atoms with Crippen molar-refractivity contribution in [2.75, 3.05) is 26.4 Å². The van der Waals surface area contributed by atoms with E-state index in [-0.39, 0.29) is 11.8 Å². The fourth-order valence-corrected chi connectivity index (χ4v) is 3.05. The molecule has 1 unspecified atom stereocenters. The molecule has 0 amide bonds. The summed E-state index contributed by atoms with van der Waals surface area (Å²) in [6.07, 6.45) is 2.29. The third kappa shape index (κ3) is 4.44. The van der Waals surface area contributed by atoms with Crippen molar-refractivity contribution in [3.63, 3.8) is 0 Å². The van der Waals surface area contributed by atoms with Gasteiger partial charge in [0.15, 0.2) is 5.88 Å². The average Bonchev–Trinajstić information content (AvgIpc) is 3.53. The summed E-state index contributed by atoms with van der Waals surface area (Å²) in [5.41, 5.74) is 3.15. The largest absolute Gasteiger partial charge is 0.476 e. The maximum absolute atomic E-state index is 12.3. The van der Waals surface area contributed by atoms with Crippen LogP contribution in [0.2, 0.25) is 0 Å². The molecule has 4 rings (SSSR count). The molecule has 2 aliphatic rings. The minimum atomic E-state index is -0.356. The van der Waals surface area contributed by atoms with Gasteiger partial charge >= 0.3 is 5.69 Å². The lowest BCUT2D eigenvalue weighted by molar-refractivity contribution is -0.102. The van der Waals surface area contributed by atoms with Crippen molar-refractivity contribution in [3.8, 4) is 29.0 Å². The van der Waals surface area contributed by atoms with Crippen LogP contribution in [0.25, 0.3) is 11.3 Å². The molecule has 1 aliphatic heterocycles. The van der Waals surface area contributed by atoms with Gasteiger partial charge in [0.2, 0.25) is 0 Å². The molecule has 2 fully saturated rings. The van der Waals surface area contributed by atoms with Crippen LogP contribution < -0.4 is 10.4 Å². The molecule has 1 saturated carbocycles. The number of nitrogens with zero attached hydrogens (tertiary/aromatic N) is 2. The molecule has 1 aliphatic carbocycles. The number of hydrogen-bond donors (Lipinski definition) is 0. The predicted octanol–water partition coefficient (Wildman–Crippen LogP) is 2.31. The van der Waals surface area contributed by atoms with Gasteiger partial charge in [0.05, 0.1) is 25.5 Å². The minimum absolute atomic E-state index is 0.133. The van der Waals surface area contributed by atoms with Gasteiger partial charge in [0, 0.05) is 30.2 Å². The summed E-state index contributed by atoms with van der Waals surface area (Å²) in [5, 5.41) is 0. The summed E-state index contributed by atoms with van der Waals surface area (Å²) in [5.74, 6) is 7.53. The summed E-state index contributed by atoms with van der Waals surface area (Å²) in [4.78, 5) is 16.5. The Morgan fingerprint density at radius 3 is 2.86 bits per heavy atom. The third-order valence-corrected chi connectivity index (χ3v) is 4.90. The molecule has 1 aromatic heterocycles. The van der Waals surface area contributed by atoms with E-state index in [0.717, 1.165) is 16.7 Å².